The summed E-state index contributed by atoms with van der Waals surface area (Å²) in [4.78, 5) is 24.9. The van der Waals surface area contributed by atoms with E-state index in [4.69, 9.17) is 23.2 Å². The number of aryl methyl sites for hydroxylation is 1. The number of alkyl halides is 3. The third kappa shape index (κ3) is 4.48. The largest absolute Gasteiger partial charge is 0.431 e. The van der Waals surface area contributed by atoms with Gasteiger partial charge in [0.15, 0.2) is 0 Å². The van der Waals surface area contributed by atoms with Gasteiger partial charge in [0.1, 0.15) is 5.69 Å². The topological polar surface area (TPSA) is 44.0 Å². The molecule has 10 heteroatoms. The number of benzene rings is 1. The van der Waals surface area contributed by atoms with Gasteiger partial charge in [0.05, 0.1) is 5.69 Å². The predicted octanol–water partition coefficient (Wildman–Crippen LogP) is 4.76. The van der Waals surface area contributed by atoms with Crippen molar-refractivity contribution in [1.29, 1.82) is 0 Å². The molecule has 0 amide bonds. The highest BCUT2D eigenvalue weighted by Crippen LogP contribution is 2.49. The first-order valence-electron chi connectivity index (χ1n) is 7.91. The molecule has 0 unspecified atom stereocenters. The molecular weight excluding hydrogens is 435 g/mol. The van der Waals surface area contributed by atoms with Crippen LogP contribution in [0.25, 0.3) is 11.8 Å². The maximum absolute atomic E-state index is 13.0. The van der Waals surface area contributed by atoms with E-state index >= 15 is 0 Å². The second-order valence-electron chi connectivity index (χ2n) is 6.85. The maximum atomic E-state index is 13.0. The number of aromatic nitrogens is 2. The van der Waals surface area contributed by atoms with Crippen molar-refractivity contribution in [1.82, 2.24) is 9.13 Å². The smallest absolute Gasteiger partial charge is 0.292 e. The van der Waals surface area contributed by atoms with Crippen molar-refractivity contribution in [2.75, 3.05) is 13.3 Å². The monoisotopic (exact) mass is 452 g/mol. The van der Waals surface area contributed by atoms with Crippen molar-refractivity contribution in [3.05, 3.63) is 65.7 Å². The lowest BCUT2D eigenvalue weighted by Gasteiger charge is -2.16. The molecule has 0 saturated carbocycles. The highest BCUT2D eigenvalue weighted by atomic mass is 35.5. The van der Waals surface area contributed by atoms with Gasteiger partial charge in [-0.15, -0.1) is 0 Å². The molecule has 0 aliphatic heterocycles. The van der Waals surface area contributed by atoms with Crippen LogP contribution in [-0.2, 0) is 13.2 Å². The summed E-state index contributed by atoms with van der Waals surface area (Å²) in [5, 5.41) is 0.324. The Morgan fingerprint density at radius 1 is 1.21 bits per heavy atom. The predicted molar refractivity (Wildman–Crippen MR) is 112 cm³/mol. The zero-order valence-electron chi connectivity index (χ0n) is 15.6. The van der Waals surface area contributed by atoms with Crippen LogP contribution in [0.3, 0.4) is 0 Å². The first-order chi connectivity index (χ1) is 12.6. The van der Waals surface area contributed by atoms with E-state index in [1.165, 1.54) is 12.1 Å². The van der Waals surface area contributed by atoms with Crippen molar-refractivity contribution < 1.29 is 13.2 Å². The quantitative estimate of drug-likeness (QED) is 0.630. The van der Waals surface area contributed by atoms with Crippen LogP contribution in [0, 0.1) is 6.92 Å². The van der Waals surface area contributed by atoms with E-state index in [0.29, 0.717) is 36.1 Å². The summed E-state index contributed by atoms with van der Waals surface area (Å²) in [5.41, 5.74) is -2.53. The van der Waals surface area contributed by atoms with Gasteiger partial charge >= 0.3 is 11.9 Å². The van der Waals surface area contributed by atoms with Gasteiger partial charge < -0.3 is 0 Å². The van der Waals surface area contributed by atoms with E-state index in [9.17, 15) is 22.8 Å². The van der Waals surface area contributed by atoms with Crippen molar-refractivity contribution in [3.63, 3.8) is 0 Å². The summed E-state index contributed by atoms with van der Waals surface area (Å²) in [5.74, 6) is 0. The van der Waals surface area contributed by atoms with E-state index in [2.05, 4.69) is 6.30 Å². The van der Waals surface area contributed by atoms with Gasteiger partial charge in [0.2, 0.25) is 0 Å². The minimum atomic E-state index is -4.83. The molecule has 152 valence electrons. The average molecular weight is 453 g/mol. The van der Waals surface area contributed by atoms with Crippen LogP contribution < -0.4 is 11.2 Å². The second kappa shape index (κ2) is 7.62. The SMILES string of the molecule is C=P(C)(C)/C(Cl)=C/c1cc(-n2c(=O)cc(C(F)(F)F)n(C)c2=O)c(C)cc1Cl. The highest BCUT2D eigenvalue weighted by molar-refractivity contribution is 7.78. The van der Waals surface area contributed by atoms with Crippen LogP contribution in [-0.4, -0.2) is 28.8 Å². The molecule has 28 heavy (non-hydrogen) atoms. The van der Waals surface area contributed by atoms with E-state index in [1.54, 1.807) is 13.0 Å². The molecule has 2 rings (SSSR count). The lowest BCUT2D eigenvalue weighted by atomic mass is 10.1. The van der Waals surface area contributed by atoms with Gasteiger partial charge in [-0.25, -0.2) is 9.36 Å². The lowest BCUT2D eigenvalue weighted by molar-refractivity contribution is -0.144. The van der Waals surface area contributed by atoms with Crippen LogP contribution in [0.5, 0.6) is 0 Å². The second-order valence-corrected chi connectivity index (χ2v) is 11.8. The molecule has 0 saturated heterocycles. The lowest BCUT2D eigenvalue weighted by Crippen LogP contribution is -2.41. The van der Waals surface area contributed by atoms with Crippen molar-refractivity contribution in [2.24, 2.45) is 7.05 Å². The van der Waals surface area contributed by atoms with Crippen molar-refractivity contribution in [2.45, 2.75) is 13.1 Å². The molecule has 0 aliphatic carbocycles. The Kier molecular flexibility index (Phi) is 6.15. The van der Waals surface area contributed by atoms with Crippen LogP contribution >= 0.6 is 30.1 Å². The number of nitrogens with zero attached hydrogens (tertiary/aromatic N) is 2. The molecule has 0 aliphatic rings. The Bertz CT molecular complexity index is 1140. The van der Waals surface area contributed by atoms with E-state index in [1.807, 2.05) is 13.3 Å². The molecule has 1 heterocycles. The fourth-order valence-corrected chi connectivity index (χ4v) is 3.33. The van der Waals surface area contributed by atoms with Gasteiger partial charge in [-0.2, -0.15) is 13.2 Å². The minimum absolute atomic E-state index is 0.125. The third-order valence-corrected chi connectivity index (χ3v) is 7.11. The van der Waals surface area contributed by atoms with Crippen LogP contribution in [0.1, 0.15) is 16.8 Å². The zero-order chi connectivity index (χ0) is 21.6. The van der Waals surface area contributed by atoms with Crippen LogP contribution in [0.4, 0.5) is 13.2 Å². The van der Waals surface area contributed by atoms with E-state index < -0.39 is 30.0 Å². The summed E-state index contributed by atoms with van der Waals surface area (Å²) < 4.78 is 40.7. The van der Waals surface area contributed by atoms with Crippen molar-refractivity contribution in [3.8, 4) is 5.69 Å². The standard InChI is InChI=1S/C18H18Cl2F3N2O2P/c1-10-6-12(19)11(8-15(20)28(3,4)5)7-13(10)25-16(26)9-14(18(21,22)23)24(2)17(25)27/h6-9H,3H2,1-2,4-5H3/b15-8+. The third-order valence-electron chi connectivity index (χ3n) is 4.02. The first-order valence-corrected chi connectivity index (χ1v) is 11.5. The van der Waals surface area contributed by atoms with Gasteiger partial charge in [-0.05, 0) is 49.6 Å². The maximum Gasteiger partial charge on any atom is 0.431 e. The fraction of sp³-hybridized carbons (Fsp3) is 0.278. The number of hydrogen-bond acceptors (Lipinski definition) is 2. The zero-order valence-corrected chi connectivity index (χ0v) is 18.0. The Hall–Kier alpha value is -1.69. The Morgan fingerprint density at radius 2 is 1.79 bits per heavy atom. The molecule has 2 aromatic rings. The highest BCUT2D eigenvalue weighted by Gasteiger charge is 2.35. The molecule has 0 N–H and O–H groups in total. The van der Waals surface area contributed by atoms with Gasteiger partial charge in [-0.3, -0.25) is 9.36 Å². The van der Waals surface area contributed by atoms with Gasteiger partial charge in [0.25, 0.3) is 5.56 Å². The van der Waals surface area contributed by atoms with Crippen LogP contribution in [0.2, 0.25) is 5.02 Å². The number of halogens is 5. The fourth-order valence-electron chi connectivity index (χ4n) is 2.45. The number of hydrogen-bond donors (Lipinski definition) is 0. The summed E-state index contributed by atoms with van der Waals surface area (Å²) in [7, 11) is 0.958. The van der Waals surface area contributed by atoms with Crippen molar-refractivity contribution >= 4 is 42.5 Å². The molecular formula is C18H18Cl2F3N2O2P. The Balaban J connectivity index is 2.83. The van der Waals surface area contributed by atoms with Gasteiger partial charge in [-0.1, -0.05) is 36.4 Å². The molecule has 0 spiro atoms. The molecule has 4 nitrogen and oxygen atoms in total. The molecule has 0 fully saturated rings. The Morgan fingerprint density at radius 3 is 2.29 bits per heavy atom. The van der Waals surface area contributed by atoms with Gasteiger partial charge in [0, 0.05) is 22.9 Å². The van der Waals surface area contributed by atoms with E-state index in [0.717, 1.165) is 7.05 Å². The summed E-state index contributed by atoms with van der Waals surface area (Å²) in [6.45, 7) is 3.60. The normalized spacial score (nSPS) is 13.1. The van der Waals surface area contributed by atoms with E-state index in [-0.39, 0.29) is 5.69 Å². The molecule has 0 bridgehead atoms. The molecule has 1 aromatic carbocycles. The minimum Gasteiger partial charge on any atom is -0.292 e. The molecule has 1 aromatic heterocycles. The molecule has 0 radical (unpaired) electrons. The number of rotatable bonds is 3. The first kappa shape index (κ1) is 22.6. The summed E-state index contributed by atoms with van der Waals surface area (Å²) in [6, 6.07) is 3.36. The molecule has 0 atom stereocenters. The summed E-state index contributed by atoms with van der Waals surface area (Å²) >= 11 is 12.5. The Labute approximate surface area is 169 Å². The average Bonchev–Trinajstić information content (AvgIpc) is 2.52. The summed E-state index contributed by atoms with van der Waals surface area (Å²) in [6.07, 6.45) is 0.783. The van der Waals surface area contributed by atoms with Crippen LogP contribution in [0.15, 0.2) is 32.6 Å².